The maximum atomic E-state index is 12.3. The Balaban J connectivity index is 1.64. The number of carbonyl (C=O) groups excluding carboxylic acids is 1. The van der Waals surface area contributed by atoms with Crippen LogP contribution >= 0.6 is 0 Å². The molecule has 23 heavy (non-hydrogen) atoms. The van der Waals surface area contributed by atoms with Gasteiger partial charge in [0.05, 0.1) is 12.7 Å². The number of ketones is 1. The molecule has 4 rings (SSSR count). The highest BCUT2D eigenvalue weighted by Crippen LogP contribution is 2.66. The summed E-state index contributed by atoms with van der Waals surface area (Å²) in [6.07, 6.45) is 8.38. The van der Waals surface area contributed by atoms with Gasteiger partial charge in [0.25, 0.3) is 0 Å². The molecule has 0 amide bonds. The molecular weight excluding hydrogens is 288 g/mol. The number of carbonyl (C=O) groups is 1. The molecule has 4 fully saturated rings. The smallest absolute Gasteiger partial charge is 0.138 e. The van der Waals surface area contributed by atoms with Gasteiger partial charge in [-0.15, -0.1) is 0 Å². The summed E-state index contributed by atoms with van der Waals surface area (Å²) in [4.78, 5) is 12.3. The van der Waals surface area contributed by atoms with E-state index in [4.69, 9.17) is 0 Å². The molecule has 130 valence electrons. The van der Waals surface area contributed by atoms with Crippen LogP contribution < -0.4 is 0 Å². The summed E-state index contributed by atoms with van der Waals surface area (Å²) in [5, 5.41) is 20.1. The lowest BCUT2D eigenvalue weighted by molar-refractivity contribution is -0.152. The van der Waals surface area contributed by atoms with Crippen LogP contribution in [0.5, 0.6) is 0 Å². The lowest BCUT2D eigenvalue weighted by Gasteiger charge is -2.60. The van der Waals surface area contributed by atoms with Crippen LogP contribution in [0.15, 0.2) is 0 Å². The van der Waals surface area contributed by atoms with Crippen molar-refractivity contribution >= 4 is 5.78 Å². The van der Waals surface area contributed by atoms with Crippen molar-refractivity contribution in [2.75, 3.05) is 6.61 Å². The number of aliphatic hydroxyl groups excluding tert-OH is 2. The van der Waals surface area contributed by atoms with Gasteiger partial charge in [0, 0.05) is 12.3 Å². The summed E-state index contributed by atoms with van der Waals surface area (Å²) < 4.78 is 0. The average molecular weight is 320 g/mol. The van der Waals surface area contributed by atoms with Crippen molar-refractivity contribution in [1.29, 1.82) is 0 Å². The summed E-state index contributed by atoms with van der Waals surface area (Å²) >= 11 is 0. The summed E-state index contributed by atoms with van der Waals surface area (Å²) in [5.74, 6) is 2.77. The van der Waals surface area contributed by atoms with Crippen LogP contribution in [0, 0.1) is 40.4 Å². The molecule has 2 N–H and O–H groups in total. The summed E-state index contributed by atoms with van der Waals surface area (Å²) in [5.41, 5.74) is 0.352. The van der Waals surface area contributed by atoms with E-state index in [-0.39, 0.29) is 29.5 Å². The molecule has 0 radical (unpaired) electrons. The molecule has 0 aromatic rings. The van der Waals surface area contributed by atoms with Gasteiger partial charge in [0.15, 0.2) is 0 Å². The van der Waals surface area contributed by atoms with Crippen LogP contribution in [-0.4, -0.2) is 28.7 Å². The van der Waals surface area contributed by atoms with Crippen LogP contribution in [0.1, 0.15) is 65.2 Å². The van der Waals surface area contributed by atoms with Crippen molar-refractivity contribution in [2.45, 2.75) is 71.3 Å². The predicted molar refractivity (Wildman–Crippen MR) is 88.7 cm³/mol. The van der Waals surface area contributed by atoms with Gasteiger partial charge in [-0.2, -0.15) is 0 Å². The molecule has 0 aromatic carbocycles. The third-order valence-electron chi connectivity index (χ3n) is 8.82. The Morgan fingerprint density at radius 1 is 1.04 bits per heavy atom. The van der Waals surface area contributed by atoms with E-state index in [9.17, 15) is 15.0 Å². The molecule has 0 unspecified atom stereocenters. The molecule has 0 aromatic heterocycles. The molecule has 0 bridgehead atoms. The van der Waals surface area contributed by atoms with Crippen LogP contribution in [0.25, 0.3) is 0 Å². The average Bonchev–Trinajstić information content (AvgIpc) is 2.83. The number of Topliss-reactive ketones (excluding diaryl/α,β-unsaturated/α-hetero) is 1. The van der Waals surface area contributed by atoms with Crippen molar-refractivity contribution in [3.05, 3.63) is 0 Å². The van der Waals surface area contributed by atoms with Crippen LogP contribution in [0.2, 0.25) is 0 Å². The first-order chi connectivity index (χ1) is 10.9. The van der Waals surface area contributed by atoms with E-state index in [1.54, 1.807) is 0 Å². The molecule has 8 atom stereocenters. The first-order valence-corrected chi connectivity index (χ1v) is 9.72. The van der Waals surface area contributed by atoms with Gasteiger partial charge in [0.1, 0.15) is 5.78 Å². The molecule has 4 saturated carbocycles. The highest BCUT2D eigenvalue weighted by molar-refractivity contribution is 5.82. The highest BCUT2D eigenvalue weighted by Gasteiger charge is 2.60. The van der Waals surface area contributed by atoms with Crippen LogP contribution in [0.3, 0.4) is 0 Å². The van der Waals surface area contributed by atoms with Crippen molar-refractivity contribution in [1.82, 2.24) is 0 Å². The van der Waals surface area contributed by atoms with Gasteiger partial charge in [-0.05, 0) is 79.4 Å². The number of aliphatic hydroxyl groups is 2. The molecule has 0 aliphatic heterocycles. The van der Waals surface area contributed by atoms with Crippen molar-refractivity contribution < 1.29 is 15.0 Å². The first kappa shape index (κ1) is 16.1. The van der Waals surface area contributed by atoms with Crippen LogP contribution in [-0.2, 0) is 4.79 Å². The number of hydrogen-bond acceptors (Lipinski definition) is 3. The molecule has 3 heteroatoms. The van der Waals surface area contributed by atoms with E-state index >= 15 is 0 Å². The Bertz CT molecular complexity index is 503. The van der Waals surface area contributed by atoms with E-state index in [1.807, 2.05) is 0 Å². The van der Waals surface area contributed by atoms with E-state index in [0.29, 0.717) is 30.0 Å². The summed E-state index contributed by atoms with van der Waals surface area (Å²) in [6.45, 7) is 4.76. The number of rotatable bonds is 1. The van der Waals surface area contributed by atoms with Gasteiger partial charge >= 0.3 is 0 Å². The predicted octanol–water partition coefficient (Wildman–Crippen LogP) is 3.18. The fourth-order valence-electron chi connectivity index (χ4n) is 7.38. The zero-order valence-electron chi connectivity index (χ0n) is 14.6. The minimum atomic E-state index is -0.127. The number of fused-ring (bicyclic) bond motifs is 5. The molecular formula is C20H32O3. The second kappa shape index (κ2) is 5.29. The first-order valence-electron chi connectivity index (χ1n) is 9.72. The standard InChI is InChI=1S/C20H32O3/c1-19-8-7-16-14(15(19)5-6-18(19)23)4-3-13-9-17(22)12(11-21)10-20(13,16)2/h12-16,18,21,23H,3-11H2,1-2H3/t12-,13+,14+,15+,16+,18-,19+,20+/m1/s1. The fraction of sp³-hybridized carbons (Fsp3) is 0.950. The van der Waals surface area contributed by atoms with Crippen LogP contribution in [0.4, 0.5) is 0 Å². The zero-order chi connectivity index (χ0) is 16.4. The molecule has 0 heterocycles. The van der Waals surface area contributed by atoms with E-state index in [2.05, 4.69) is 13.8 Å². The van der Waals surface area contributed by atoms with E-state index in [1.165, 1.54) is 25.7 Å². The van der Waals surface area contributed by atoms with Gasteiger partial charge in [0.2, 0.25) is 0 Å². The maximum absolute atomic E-state index is 12.3. The second-order valence-electron chi connectivity index (χ2n) is 9.55. The Hall–Kier alpha value is -0.410. The third kappa shape index (κ3) is 2.12. The molecule has 3 nitrogen and oxygen atoms in total. The minimum Gasteiger partial charge on any atom is -0.396 e. The Labute approximate surface area is 139 Å². The van der Waals surface area contributed by atoms with Gasteiger partial charge in [-0.25, -0.2) is 0 Å². The SMILES string of the molecule is C[C@]12C[C@H](CO)C(=O)C[C@@H]1CC[C@@H]1[C@@H]2CC[C@]2(C)[C@H](O)CC[C@@H]12. The second-order valence-corrected chi connectivity index (χ2v) is 9.55. The molecule has 0 saturated heterocycles. The van der Waals surface area contributed by atoms with Gasteiger partial charge in [-0.3, -0.25) is 4.79 Å². The fourth-order valence-corrected chi connectivity index (χ4v) is 7.38. The molecule has 4 aliphatic carbocycles. The van der Waals surface area contributed by atoms with E-state index in [0.717, 1.165) is 25.2 Å². The summed E-state index contributed by atoms with van der Waals surface area (Å²) in [6, 6.07) is 0. The normalized spacial score (nSPS) is 55.9. The zero-order valence-corrected chi connectivity index (χ0v) is 14.6. The quantitative estimate of drug-likeness (QED) is 0.780. The van der Waals surface area contributed by atoms with E-state index < -0.39 is 0 Å². The van der Waals surface area contributed by atoms with Crippen molar-refractivity contribution in [2.24, 2.45) is 40.4 Å². The van der Waals surface area contributed by atoms with Gasteiger partial charge < -0.3 is 10.2 Å². The monoisotopic (exact) mass is 320 g/mol. The maximum Gasteiger partial charge on any atom is 0.138 e. The lowest BCUT2D eigenvalue weighted by atomic mass is 9.44. The minimum absolute atomic E-state index is 0.0262. The largest absolute Gasteiger partial charge is 0.396 e. The molecule has 4 aliphatic rings. The third-order valence-corrected chi connectivity index (χ3v) is 8.82. The Morgan fingerprint density at radius 2 is 1.78 bits per heavy atom. The molecule has 0 spiro atoms. The summed E-state index contributed by atoms with van der Waals surface area (Å²) in [7, 11) is 0. The van der Waals surface area contributed by atoms with Crippen molar-refractivity contribution in [3.63, 3.8) is 0 Å². The van der Waals surface area contributed by atoms with Crippen molar-refractivity contribution in [3.8, 4) is 0 Å². The lowest BCUT2D eigenvalue weighted by Crippen LogP contribution is -2.55. The topological polar surface area (TPSA) is 57.5 Å². The Kier molecular flexibility index (Phi) is 3.70. The van der Waals surface area contributed by atoms with Gasteiger partial charge in [-0.1, -0.05) is 13.8 Å². The number of hydrogen-bond donors (Lipinski definition) is 2. The Morgan fingerprint density at radius 3 is 2.52 bits per heavy atom. The highest BCUT2D eigenvalue weighted by atomic mass is 16.3.